The zero-order valence-corrected chi connectivity index (χ0v) is 37.7. The van der Waals surface area contributed by atoms with Gasteiger partial charge in [0.2, 0.25) is 0 Å². The molecule has 2 aromatic heterocycles. The molecule has 1 fully saturated rings. The van der Waals surface area contributed by atoms with E-state index < -0.39 is 80.5 Å². The Bertz CT molecular complexity index is 2210. The molecule has 0 bridgehead atoms. The van der Waals surface area contributed by atoms with Gasteiger partial charge in [-0.3, -0.25) is 18.7 Å². The number of carbonyl (C=O) groups excluding carboxylic acids is 2. The number of terminal acetylenes is 1. The number of imidazole rings is 1. The second-order valence-electron chi connectivity index (χ2n) is 16.3. The number of nitrogens with one attached hydrogen (secondary N) is 1. The molecule has 0 unspecified atom stereocenters. The van der Waals surface area contributed by atoms with Gasteiger partial charge in [-0.25, -0.2) is 18.3 Å². The van der Waals surface area contributed by atoms with Crippen LogP contribution in [0.4, 0.5) is 19.0 Å². The number of esters is 2. The van der Waals surface area contributed by atoms with E-state index in [0.29, 0.717) is 12.5 Å². The first-order valence-electron chi connectivity index (χ1n) is 22.2. The second-order valence-corrected chi connectivity index (χ2v) is 18.0. The summed E-state index contributed by atoms with van der Waals surface area (Å²) in [7, 11) is -4.76. The van der Waals surface area contributed by atoms with Crippen molar-refractivity contribution in [1.29, 1.82) is 0 Å². The molecule has 0 saturated carbocycles. The van der Waals surface area contributed by atoms with Crippen molar-refractivity contribution in [3.8, 4) is 18.1 Å². The number of halogens is 3. The average Bonchev–Trinajstić information content (AvgIpc) is 3.83. The quantitative estimate of drug-likeness (QED) is 0.0190. The lowest BCUT2D eigenvalue weighted by Crippen LogP contribution is -2.46. The van der Waals surface area contributed by atoms with Crippen LogP contribution in [0.15, 0.2) is 54.9 Å². The normalized spacial score (nSPS) is 18.7. The summed E-state index contributed by atoms with van der Waals surface area (Å²) in [6.45, 7) is 4.65. The SMILES string of the molecule is C#C[C@]1(CO[P@@](=O)(N[C@@H](Cc2cc(F)cc(F)c2)C(=O)OC(C)C)Oc2ccccc2)O[C@@H](n2cnc3c(N)nc(F)nc32)C[C@@H]1OC(=O)CCCCCCCCCCCCCCC. The number of rotatable bonds is 27. The molecule has 3 heterocycles. The minimum Gasteiger partial charge on any atom is -0.462 e. The lowest BCUT2D eigenvalue weighted by Gasteiger charge is -2.31. The molecular formula is C46H60F3N6O8P. The van der Waals surface area contributed by atoms with E-state index in [4.69, 9.17) is 35.4 Å². The molecule has 14 nitrogen and oxygen atoms in total. The van der Waals surface area contributed by atoms with Gasteiger partial charge in [-0.1, -0.05) is 108 Å². The summed E-state index contributed by atoms with van der Waals surface area (Å²) >= 11 is 0. The van der Waals surface area contributed by atoms with Crippen LogP contribution in [0.3, 0.4) is 0 Å². The molecule has 64 heavy (non-hydrogen) atoms. The predicted octanol–water partition coefficient (Wildman–Crippen LogP) is 9.87. The summed E-state index contributed by atoms with van der Waals surface area (Å²) in [6, 6.07) is 9.04. The minimum absolute atomic E-state index is 0.0270. The van der Waals surface area contributed by atoms with Crippen LogP contribution in [0.5, 0.6) is 5.75 Å². The fourth-order valence-corrected chi connectivity index (χ4v) is 9.04. The Balaban J connectivity index is 1.34. The zero-order valence-electron chi connectivity index (χ0n) is 36.8. The van der Waals surface area contributed by atoms with Crippen LogP contribution < -0.4 is 15.3 Å². The summed E-state index contributed by atoms with van der Waals surface area (Å²) in [4.78, 5) is 38.6. The van der Waals surface area contributed by atoms with Crippen LogP contribution in [0.25, 0.3) is 11.2 Å². The van der Waals surface area contributed by atoms with Crippen molar-refractivity contribution in [2.75, 3.05) is 12.3 Å². The van der Waals surface area contributed by atoms with Crippen molar-refractivity contribution in [2.24, 2.45) is 0 Å². The summed E-state index contributed by atoms with van der Waals surface area (Å²) in [5.41, 5.74) is 4.04. The molecule has 0 spiro atoms. The largest absolute Gasteiger partial charge is 0.462 e. The number of ether oxygens (including phenoxy) is 3. The number of carbonyl (C=O) groups is 2. The summed E-state index contributed by atoms with van der Waals surface area (Å²) in [6.07, 6.45) is 17.7. The van der Waals surface area contributed by atoms with Crippen molar-refractivity contribution in [2.45, 2.75) is 154 Å². The Labute approximate surface area is 373 Å². The molecule has 348 valence electrons. The third-order valence-electron chi connectivity index (χ3n) is 10.7. The molecule has 0 aliphatic carbocycles. The topological polar surface area (TPSA) is 179 Å². The Morgan fingerprint density at radius 1 is 0.969 bits per heavy atom. The fraction of sp³-hybridized carbons (Fsp3) is 0.543. The van der Waals surface area contributed by atoms with Crippen molar-refractivity contribution < 1.29 is 50.6 Å². The Hall–Kier alpha value is -5.01. The molecule has 5 rings (SSSR count). The smallest absolute Gasteiger partial charge is 0.459 e. The number of nitrogens with two attached hydrogens (primary N) is 1. The van der Waals surface area contributed by atoms with Gasteiger partial charge in [0.15, 0.2) is 22.6 Å². The number of anilines is 1. The molecule has 1 saturated heterocycles. The lowest BCUT2D eigenvalue weighted by atomic mass is 9.98. The molecule has 0 radical (unpaired) electrons. The van der Waals surface area contributed by atoms with E-state index in [1.165, 1.54) is 74.4 Å². The predicted molar refractivity (Wildman–Crippen MR) is 235 cm³/mol. The summed E-state index contributed by atoms with van der Waals surface area (Å²) in [5.74, 6) is -0.916. The number of aromatic nitrogens is 4. The van der Waals surface area contributed by atoms with Crippen molar-refractivity contribution in [3.63, 3.8) is 0 Å². The monoisotopic (exact) mass is 912 g/mol. The van der Waals surface area contributed by atoms with E-state index in [0.717, 1.165) is 37.8 Å². The number of para-hydroxylation sites is 1. The van der Waals surface area contributed by atoms with E-state index in [-0.39, 0.29) is 41.1 Å². The maximum Gasteiger partial charge on any atom is 0.459 e. The van der Waals surface area contributed by atoms with E-state index in [2.05, 4.69) is 32.9 Å². The number of nitrogens with zero attached hydrogens (tertiary/aromatic N) is 4. The number of benzene rings is 2. The van der Waals surface area contributed by atoms with Crippen LogP contribution in [0.1, 0.15) is 129 Å². The molecule has 5 atom stereocenters. The van der Waals surface area contributed by atoms with Gasteiger partial charge in [0.1, 0.15) is 42.4 Å². The van der Waals surface area contributed by atoms with E-state index >= 15 is 0 Å². The van der Waals surface area contributed by atoms with Gasteiger partial charge in [-0.2, -0.15) is 19.4 Å². The van der Waals surface area contributed by atoms with Crippen LogP contribution in [0, 0.1) is 30.1 Å². The summed E-state index contributed by atoms with van der Waals surface area (Å²) < 4.78 is 89.1. The van der Waals surface area contributed by atoms with Crippen molar-refractivity contribution in [1.82, 2.24) is 24.6 Å². The van der Waals surface area contributed by atoms with Gasteiger partial charge in [0, 0.05) is 18.9 Å². The minimum atomic E-state index is -4.76. The number of fused-ring (bicyclic) bond motifs is 1. The Morgan fingerprint density at radius 3 is 2.20 bits per heavy atom. The van der Waals surface area contributed by atoms with Crippen LogP contribution >= 0.6 is 7.75 Å². The number of hydrogen-bond acceptors (Lipinski definition) is 12. The molecule has 2 aromatic carbocycles. The van der Waals surface area contributed by atoms with Gasteiger partial charge in [0.05, 0.1) is 12.4 Å². The van der Waals surface area contributed by atoms with Crippen molar-refractivity contribution in [3.05, 3.63) is 78.1 Å². The van der Waals surface area contributed by atoms with Crippen LogP contribution in [-0.2, 0) is 39.3 Å². The molecule has 18 heteroatoms. The van der Waals surface area contributed by atoms with E-state index in [1.54, 1.807) is 32.0 Å². The highest BCUT2D eigenvalue weighted by Gasteiger charge is 2.53. The fourth-order valence-electron chi connectivity index (χ4n) is 7.52. The van der Waals surface area contributed by atoms with Gasteiger partial charge in [0.25, 0.3) is 0 Å². The van der Waals surface area contributed by atoms with Gasteiger partial charge >= 0.3 is 25.8 Å². The molecule has 0 amide bonds. The van der Waals surface area contributed by atoms with E-state index in [9.17, 15) is 27.3 Å². The van der Waals surface area contributed by atoms with Gasteiger partial charge in [-0.05, 0) is 56.5 Å². The number of nitrogen functional groups attached to an aromatic ring is 1. The van der Waals surface area contributed by atoms with Crippen LogP contribution in [-0.4, -0.2) is 61.9 Å². The third kappa shape index (κ3) is 14.8. The molecule has 4 aromatic rings. The first kappa shape index (κ1) is 50.0. The lowest BCUT2D eigenvalue weighted by molar-refractivity contribution is -0.158. The van der Waals surface area contributed by atoms with Gasteiger partial charge in [-0.15, -0.1) is 6.42 Å². The Morgan fingerprint density at radius 2 is 1.59 bits per heavy atom. The first-order chi connectivity index (χ1) is 30.7. The molecule has 1 aliphatic rings. The highest BCUT2D eigenvalue weighted by molar-refractivity contribution is 7.52. The molecule has 3 N–H and O–H groups in total. The maximum absolute atomic E-state index is 14.9. The molecule has 1 aliphatic heterocycles. The number of unbranched alkanes of at least 4 members (excludes halogenated alkanes) is 12. The average molecular weight is 913 g/mol. The zero-order chi connectivity index (χ0) is 46.1. The number of hydrogen-bond donors (Lipinski definition) is 2. The van der Waals surface area contributed by atoms with E-state index in [1.807, 2.05) is 0 Å². The molecular weight excluding hydrogens is 853 g/mol. The third-order valence-corrected chi connectivity index (χ3v) is 12.3. The highest BCUT2D eigenvalue weighted by atomic mass is 31.2. The van der Waals surface area contributed by atoms with Gasteiger partial charge < -0.3 is 24.5 Å². The Kier molecular flexibility index (Phi) is 19.0. The first-order valence-corrected chi connectivity index (χ1v) is 23.7. The highest BCUT2D eigenvalue weighted by Crippen LogP contribution is 2.49. The second kappa shape index (κ2) is 24.3. The van der Waals surface area contributed by atoms with Crippen molar-refractivity contribution >= 4 is 36.7 Å². The maximum atomic E-state index is 14.9. The van der Waals surface area contributed by atoms with Crippen LogP contribution in [0.2, 0.25) is 0 Å². The standard InChI is InChI=1S/C46H60F3N6O8P/c1-5-7-8-9-10-11-12-13-14-15-16-17-21-24-40(56)61-38-29-39(55-31-51-41-42(50)52-45(49)53-43(41)55)62-46(38,6-2)30-59-64(58,63-36-22-19-18-20-23-36)54-37(44(57)60-32(3)4)27-33-25-34(47)28-35(48)26-33/h2,18-20,22-23,25-26,28,31-32,37-39H,5,7-17,21,24,27,29-30H2,1,3-4H3,(H,54,58)(H2,50,52,53)/t37-,38-,39+,46+,64-/m0/s1. The summed E-state index contributed by atoms with van der Waals surface area (Å²) in [5, 5.41) is 2.61.